The quantitative estimate of drug-likeness (QED) is 0.527. The summed E-state index contributed by atoms with van der Waals surface area (Å²) in [6.07, 6.45) is -2.99. The maximum atomic E-state index is 14.0. The van der Waals surface area contributed by atoms with E-state index in [1.807, 2.05) is 0 Å². The number of hydrogen-bond acceptors (Lipinski definition) is 3. The van der Waals surface area contributed by atoms with Crippen molar-refractivity contribution in [3.05, 3.63) is 61.9 Å². The molecule has 2 N–H and O–H groups in total. The summed E-state index contributed by atoms with van der Waals surface area (Å²) in [5, 5.41) is 10.5. The molecule has 0 atom stereocenters. The minimum absolute atomic E-state index is 0.0448. The molecule has 0 saturated carbocycles. The number of fused-ring (bicyclic) bond motifs is 1. The summed E-state index contributed by atoms with van der Waals surface area (Å²) in [6.45, 7) is 4.07. The van der Waals surface area contributed by atoms with Crippen LogP contribution in [0.3, 0.4) is 0 Å². The van der Waals surface area contributed by atoms with Gasteiger partial charge in [0, 0.05) is 10.6 Å². The number of alkyl halides is 3. The molecule has 3 aromatic rings. The first-order valence-electron chi connectivity index (χ1n) is 10.2. The summed E-state index contributed by atoms with van der Waals surface area (Å²) in [5.74, 6) is -1.06. The molecule has 1 aliphatic rings. The molecule has 4 rings (SSSR count). The largest absolute Gasteiger partial charge is 0.507 e. The van der Waals surface area contributed by atoms with Gasteiger partial charge < -0.3 is 14.4 Å². The number of halogens is 5. The first kappa shape index (κ1) is 23.0. The molecule has 32 heavy (non-hydrogen) atoms. The Labute approximate surface area is 192 Å². The highest BCUT2D eigenvalue weighted by molar-refractivity contribution is 6.36. The molecule has 0 radical (unpaired) electrons. The molecule has 2 heterocycles. The number of quaternary nitrogens is 1. The van der Waals surface area contributed by atoms with E-state index in [4.69, 9.17) is 27.6 Å². The fourth-order valence-electron chi connectivity index (χ4n) is 4.21. The normalized spacial score (nSPS) is 19.4. The number of aromatic hydroxyl groups is 1. The van der Waals surface area contributed by atoms with Crippen molar-refractivity contribution in [1.82, 2.24) is 0 Å². The second kappa shape index (κ2) is 8.61. The van der Waals surface area contributed by atoms with Crippen LogP contribution in [-0.2, 0) is 12.7 Å². The Kier molecular flexibility index (Phi) is 6.18. The standard InChI is InChI=1S/C23H20Cl2F3NO3/c1-12-6-8-29(9-7-12)11-16-18(30)5-4-15-20(31)19(14-3-2-13(24)10-17(14)25)22(23(26,27)28)32-21(15)16/h2-5,10,12,30H,6-9,11H2,1H3/p+1. The summed E-state index contributed by atoms with van der Waals surface area (Å²) in [4.78, 5) is 14.4. The van der Waals surface area contributed by atoms with Gasteiger partial charge in [0.1, 0.15) is 12.3 Å². The van der Waals surface area contributed by atoms with Crippen molar-refractivity contribution in [1.29, 1.82) is 0 Å². The number of hydrogen-bond donors (Lipinski definition) is 2. The van der Waals surface area contributed by atoms with Crippen LogP contribution >= 0.6 is 23.2 Å². The number of likely N-dealkylation sites (tertiary alicyclic amines) is 1. The zero-order valence-corrected chi connectivity index (χ0v) is 18.7. The van der Waals surface area contributed by atoms with Crippen LogP contribution in [0.5, 0.6) is 5.75 Å². The molecular weight excluding hydrogens is 466 g/mol. The molecule has 1 aliphatic heterocycles. The van der Waals surface area contributed by atoms with Crippen LogP contribution in [0.15, 0.2) is 39.5 Å². The summed E-state index contributed by atoms with van der Waals surface area (Å²) in [6, 6.07) is 6.49. The topological polar surface area (TPSA) is 54.9 Å². The van der Waals surface area contributed by atoms with Crippen molar-refractivity contribution in [2.24, 2.45) is 5.92 Å². The van der Waals surface area contributed by atoms with Crippen molar-refractivity contribution in [2.45, 2.75) is 32.5 Å². The molecule has 4 nitrogen and oxygen atoms in total. The molecule has 170 valence electrons. The van der Waals surface area contributed by atoms with Crippen molar-refractivity contribution in [3.8, 4) is 16.9 Å². The molecule has 0 aliphatic carbocycles. The molecule has 0 bridgehead atoms. The molecule has 2 aromatic carbocycles. The average molecular weight is 487 g/mol. The van der Waals surface area contributed by atoms with Crippen molar-refractivity contribution < 1.29 is 27.6 Å². The first-order valence-corrected chi connectivity index (χ1v) is 11.0. The second-order valence-corrected chi connectivity index (χ2v) is 9.15. The third-order valence-electron chi connectivity index (χ3n) is 6.00. The maximum Gasteiger partial charge on any atom is 0.450 e. The van der Waals surface area contributed by atoms with Gasteiger partial charge in [-0.1, -0.05) is 36.2 Å². The minimum Gasteiger partial charge on any atom is -0.507 e. The zero-order chi connectivity index (χ0) is 23.2. The molecule has 1 saturated heterocycles. The molecule has 0 unspecified atom stereocenters. The van der Waals surface area contributed by atoms with E-state index in [1.165, 1.54) is 30.3 Å². The Bertz CT molecular complexity index is 1230. The van der Waals surface area contributed by atoms with Gasteiger partial charge in [-0.05, 0) is 43.0 Å². The summed E-state index contributed by atoms with van der Waals surface area (Å²) < 4.78 is 47.4. The lowest BCUT2D eigenvalue weighted by Gasteiger charge is -2.27. The van der Waals surface area contributed by atoms with E-state index in [9.17, 15) is 23.1 Å². The summed E-state index contributed by atoms with van der Waals surface area (Å²) in [7, 11) is 0. The Balaban J connectivity index is 1.95. The zero-order valence-electron chi connectivity index (χ0n) is 17.2. The van der Waals surface area contributed by atoms with Crippen LogP contribution in [0.4, 0.5) is 13.2 Å². The van der Waals surface area contributed by atoms with Gasteiger partial charge in [0.25, 0.3) is 0 Å². The van der Waals surface area contributed by atoms with Crippen LogP contribution in [0, 0.1) is 5.92 Å². The van der Waals surface area contributed by atoms with E-state index in [0.717, 1.165) is 30.8 Å². The van der Waals surface area contributed by atoms with Gasteiger partial charge in [-0.3, -0.25) is 4.79 Å². The highest BCUT2D eigenvalue weighted by Crippen LogP contribution is 2.41. The number of benzene rings is 2. The fourth-order valence-corrected chi connectivity index (χ4v) is 4.71. The molecular formula is C23H21Cl2F3NO3+. The Hall–Kier alpha value is -2.22. The Morgan fingerprint density at radius 1 is 1.16 bits per heavy atom. The number of rotatable bonds is 3. The van der Waals surface area contributed by atoms with E-state index in [0.29, 0.717) is 5.92 Å². The van der Waals surface area contributed by atoms with Gasteiger partial charge in [0.15, 0.2) is 5.58 Å². The van der Waals surface area contributed by atoms with Gasteiger partial charge >= 0.3 is 6.18 Å². The van der Waals surface area contributed by atoms with Gasteiger partial charge in [-0.2, -0.15) is 13.2 Å². The first-order chi connectivity index (χ1) is 15.1. The highest BCUT2D eigenvalue weighted by Gasteiger charge is 2.40. The van der Waals surface area contributed by atoms with Gasteiger partial charge in [0.2, 0.25) is 11.2 Å². The number of phenolic OH excluding ortho intramolecular Hbond substituents is 1. The Morgan fingerprint density at radius 2 is 1.84 bits per heavy atom. The third-order valence-corrected chi connectivity index (χ3v) is 6.55. The number of phenols is 1. The molecule has 0 amide bonds. The van der Waals surface area contributed by atoms with E-state index >= 15 is 0 Å². The predicted molar refractivity (Wildman–Crippen MR) is 117 cm³/mol. The van der Waals surface area contributed by atoms with Gasteiger partial charge in [-0.25, -0.2) is 0 Å². The summed E-state index contributed by atoms with van der Waals surface area (Å²) >= 11 is 12.0. The molecule has 9 heteroatoms. The van der Waals surface area contributed by atoms with Crippen LogP contribution in [-0.4, -0.2) is 18.2 Å². The van der Waals surface area contributed by atoms with Crippen molar-refractivity contribution in [3.63, 3.8) is 0 Å². The molecule has 0 spiro atoms. The average Bonchev–Trinajstić information content (AvgIpc) is 2.71. The van der Waals surface area contributed by atoms with Crippen LogP contribution in [0.1, 0.15) is 31.1 Å². The molecule has 1 aromatic heterocycles. The van der Waals surface area contributed by atoms with Crippen molar-refractivity contribution >= 4 is 34.2 Å². The minimum atomic E-state index is -4.96. The third kappa shape index (κ3) is 4.34. The number of piperidine rings is 1. The highest BCUT2D eigenvalue weighted by atomic mass is 35.5. The predicted octanol–water partition coefficient (Wildman–Crippen LogP) is 5.31. The lowest BCUT2D eigenvalue weighted by molar-refractivity contribution is -0.919. The van der Waals surface area contributed by atoms with E-state index < -0.39 is 22.9 Å². The van der Waals surface area contributed by atoms with Gasteiger partial charge in [0.05, 0.1) is 34.6 Å². The second-order valence-electron chi connectivity index (χ2n) is 8.31. The smallest absolute Gasteiger partial charge is 0.450 e. The monoisotopic (exact) mass is 486 g/mol. The van der Waals surface area contributed by atoms with E-state index in [-0.39, 0.29) is 44.4 Å². The SMILES string of the molecule is CC1CC[NH+](Cc2c(O)ccc3c(=O)c(-c4ccc(Cl)cc4Cl)c(C(F)(F)F)oc23)CC1. The lowest BCUT2D eigenvalue weighted by Crippen LogP contribution is -3.11. The lowest BCUT2D eigenvalue weighted by atomic mass is 9.97. The summed E-state index contributed by atoms with van der Waals surface area (Å²) in [5.41, 5.74) is -1.72. The van der Waals surface area contributed by atoms with E-state index in [1.54, 1.807) is 0 Å². The Morgan fingerprint density at radius 3 is 2.47 bits per heavy atom. The van der Waals surface area contributed by atoms with Crippen LogP contribution in [0.25, 0.3) is 22.1 Å². The molecule has 1 fully saturated rings. The van der Waals surface area contributed by atoms with E-state index in [2.05, 4.69) is 6.92 Å². The maximum absolute atomic E-state index is 14.0. The van der Waals surface area contributed by atoms with Crippen LogP contribution in [0.2, 0.25) is 10.0 Å². The number of nitrogens with one attached hydrogen (secondary N) is 1. The van der Waals surface area contributed by atoms with Crippen molar-refractivity contribution in [2.75, 3.05) is 13.1 Å². The fraction of sp³-hybridized carbons (Fsp3) is 0.348. The van der Waals surface area contributed by atoms with Crippen LogP contribution < -0.4 is 10.3 Å². The van der Waals surface area contributed by atoms with Gasteiger partial charge in [-0.15, -0.1) is 0 Å².